The normalized spacial score (nSPS) is 17.0. The van der Waals surface area contributed by atoms with Gasteiger partial charge in [-0.05, 0) is 56.3 Å². The van der Waals surface area contributed by atoms with Gasteiger partial charge >= 0.3 is 12.1 Å². The predicted octanol–water partition coefficient (Wildman–Crippen LogP) is 5.42. The summed E-state index contributed by atoms with van der Waals surface area (Å²) < 4.78 is 46.1. The number of nitriles is 1. The van der Waals surface area contributed by atoms with E-state index in [1.807, 2.05) is 6.07 Å². The van der Waals surface area contributed by atoms with Crippen molar-refractivity contribution in [1.82, 2.24) is 0 Å². The monoisotopic (exact) mass is 559 g/mol. The highest BCUT2D eigenvalue weighted by atomic mass is 19.4. The number of alkyl halides is 3. The summed E-state index contributed by atoms with van der Waals surface area (Å²) in [5.41, 5.74) is -0.464. The molecule has 0 saturated heterocycles. The number of allylic oxidation sites excluding steroid dienone is 1. The van der Waals surface area contributed by atoms with Crippen LogP contribution in [0.5, 0.6) is 0 Å². The molecule has 2 amide bonds. The van der Waals surface area contributed by atoms with E-state index in [0.717, 1.165) is 23.1 Å². The van der Waals surface area contributed by atoms with Gasteiger partial charge in [-0.3, -0.25) is 14.5 Å². The third kappa shape index (κ3) is 5.64. The maximum Gasteiger partial charge on any atom is 0.416 e. The first kappa shape index (κ1) is 28.9. The molecule has 10 heteroatoms. The fourth-order valence-corrected chi connectivity index (χ4v) is 4.80. The van der Waals surface area contributed by atoms with E-state index in [1.54, 1.807) is 37.3 Å². The number of anilines is 2. The Kier molecular flexibility index (Phi) is 8.16. The molecule has 1 heterocycles. The number of benzene rings is 2. The number of carbonyl (C=O) groups excluding carboxylic acids is 3. The van der Waals surface area contributed by atoms with Gasteiger partial charge in [0.05, 0.1) is 17.7 Å². The number of esters is 1. The first-order valence-electron chi connectivity index (χ1n) is 12.5. The van der Waals surface area contributed by atoms with Crippen LogP contribution >= 0.6 is 0 Å². The van der Waals surface area contributed by atoms with Crippen LogP contribution in [0.2, 0.25) is 0 Å². The van der Waals surface area contributed by atoms with E-state index in [4.69, 9.17) is 4.74 Å². The fourth-order valence-electron chi connectivity index (χ4n) is 4.80. The standard InChI is InChI=1S/C31H24F3N3O4/c1-4-41-30(40)25-19(2)37(24-12-8-9-22(17-24)31(32,33)34)29(39)27(26(25)21-15-13-20(18-35)14-16-21)28(38)36(3)23-10-6-5-7-11-23/h5-13,15,17,26-27H,4H2,1-3H3. The van der Waals surface area contributed by atoms with Gasteiger partial charge in [-0.15, -0.1) is 0 Å². The van der Waals surface area contributed by atoms with Crippen LogP contribution in [0.3, 0.4) is 0 Å². The molecule has 41 heavy (non-hydrogen) atoms. The molecule has 1 aliphatic rings. The molecule has 4 rings (SSSR count). The van der Waals surface area contributed by atoms with Crippen molar-refractivity contribution >= 4 is 29.2 Å². The average Bonchev–Trinajstić information content (AvgIpc) is 2.96. The van der Waals surface area contributed by atoms with Gasteiger partial charge in [-0.1, -0.05) is 36.4 Å². The molecule has 0 spiro atoms. The van der Waals surface area contributed by atoms with Crippen LogP contribution in [-0.4, -0.2) is 31.4 Å². The van der Waals surface area contributed by atoms with Crippen LogP contribution in [-0.2, 0) is 25.3 Å². The number of hydrogen-bond acceptors (Lipinski definition) is 5. The molecule has 2 atom stereocenters. The van der Waals surface area contributed by atoms with Gasteiger partial charge in [-0.25, -0.2) is 4.79 Å². The number of carbonyl (C=O) groups is 3. The molecule has 0 radical (unpaired) electrons. The van der Waals surface area contributed by atoms with Gasteiger partial charge in [0.2, 0.25) is 11.8 Å². The van der Waals surface area contributed by atoms with Crippen molar-refractivity contribution in [2.75, 3.05) is 23.5 Å². The summed E-state index contributed by atoms with van der Waals surface area (Å²) in [6, 6.07) is 22.8. The van der Waals surface area contributed by atoms with Crippen LogP contribution in [0.15, 0.2) is 78.0 Å². The van der Waals surface area contributed by atoms with Crippen molar-refractivity contribution in [2.24, 2.45) is 5.92 Å². The zero-order valence-electron chi connectivity index (χ0n) is 22.3. The summed E-state index contributed by atoms with van der Waals surface area (Å²) in [5.74, 6) is -5.24. The second-order valence-electron chi connectivity index (χ2n) is 9.19. The van der Waals surface area contributed by atoms with E-state index in [-0.39, 0.29) is 34.7 Å². The molecular formula is C31H24F3N3O4. The Labute approximate surface area is 235 Å². The molecule has 0 N–H and O–H groups in total. The predicted molar refractivity (Wildman–Crippen MR) is 143 cm³/mol. The van der Waals surface area contributed by atoms with E-state index in [2.05, 4.69) is 12.1 Å². The smallest absolute Gasteiger partial charge is 0.416 e. The van der Waals surface area contributed by atoms with Crippen LogP contribution in [0, 0.1) is 29.4 Å². The average molecular weight is 560 g/mol. The molecule has 208 valence electrons. The lowest BCUT2D eigenvalue weighted by Crippen LogP contribution is -2.51. The summed E-state index contributed by atoms with van der Waals surface area (Å²) in [6.07, 6.45) is -4.70. The SMILES string of the molecule is CCOC(=O)C1=C(C)N(c2cccc(C(F)(F)F)c2)C(=O)C(C(=O)N(C)c2ccccc2)C1c1c#cc(C#N)cc1. The second-order valence-corrected chi connectivity index (χ2v) is 9.19. The van der Waals surface area contributed by atoms with E-state index in [9.17, 15) is 32.8 Å². The Balaban J connectivity index is 1.98. The Morgan fingerprint density at radius 1 is 1.07 bits per heavy atom. The summed E-state index contributed by atoms with van der Waals surface area (Å²) in [5, 5.41) is 9.23. The first-order chi connectivity index (χ1) is 19.5. The van der Waals surface area contributed by atoms with E-state index in [1.165, 1.54) is 37.1 Å². The van der Waals surface area contributed by atoms with E-state index in [0.29, 0.717) is 5.69 Å². The van der Waals surface area contributed by atoms with Crippen molar-refractivity contribution in [3.8, 4) is 6.07 Å². The number of rotatable bonds is 6. The molecule has 2 unspecified atom stereocenters. The minimum atomic E-state index is -4.70. The zero-order valence-corrected chi connectivity index (χ0v) is 22.3. The summed E-state index contributed by atoms with van der Waals surface area (Å²) >= 11 is 0. The molecule has 0 aromatic heterocycles. The largest absolute Gasteiger partial charge is 0.463 e. The van der Waals surface area contributed by atoms with Crippen LogP contribution in [0.1, 0.15) is 36.5 Å². The van der Waals surface area contributed by atoms with Crippen LogP contribution < -0.4 is 9.80 Å². The van der Waals surface area contributed by atoms with E-state index >= 15 is 0 Å². The molecule has 1 aliphatic heterocycles. The Hall–Kier alpha value is -5.09. The lowest BCUT2D eigenvalue weighted by atomic mass is 9.75. The topological polar surface area (TPSA) is 90.7 Å². The Bertz CT molecular complexity index is 1540. The molecule has 0 bridgehead atoms. The molecular weight excluding hydrogens is 535 g/mol. The Morgan fingerprint density at radius 3 is 2.37 bits per heavy atom. The molecule has 0 saturated carbocycles. The Morgan fingerprint density at radius 2 is 1.78 bits per heavy atom. The van der Waals surface area contributed by atoms with Crippen molar-refractivity contribution in [2.45, 2.75) is 25.9 Å². The fraction of sp³-hybridized carbons (Fsp3) is 0.226. The van der Waals surface area contributed by atoms with Crippen molar-refractivity contribution in [3.63, 3.8) is 0 Å². The number of amides is 2. The van der Waals surface area contributed by atoms with Gasteiger partial charge in [0.15, 0.2) is 0 Å². The second kappa shape index (κ2) is 11.6. The first-order valence-corrected chi connectivity index (χ1v) is 12.5. The van der Waals surface area contributed by atoms with Gasteiger partial charge in [0.25, 0.3) is 0 Å². The minimum Gasteiger partial charge on any atom is -0.463 e. The number of para-hydroxylation sites is 1. The molecule has 0 aliphatic carbocycles. The van der Waals surface area contributed by atoms with Crippen LogP contribution in [0.4, 0.5) is 24.5 Å². The molecule has 3 aromatic rings. The van der Waals surface area contributed by atoms with E-state index < -0.39 is 41.4 Å². The van der Waals surface area contributed by atoms with Crippen molar-refractivity contribution in [1.29, 1.82) is 5.26 Å². The lowest BCUT2D eigenvalue weighted by molar-refractivity contribution is -0.140. The van der Waals surface area contributed by atoms with Gasteiger partial charge in [0.1, 0.15) is 17.6 Å². The maximum absolute atomic E-state index is 14.2. The highest BCUT2D eigenvalue weighted by Crippen LogP contribution is 2.44. The lowest BCUT2D eigenvalue weighted by Gasteiger charge is -2.40. The van der Waals surface area contributed by atoms with Crippen molar-refractivity contribution < 1.29 is 32.3 Å². The number of halogens is 3. The third-order valence-corrected chi connectivity index (χ3v) is 6.75. The van der Waals surface area contributed by atoms with Gasteiger partial charge < -0.3 is 9.64 Å². The highest BCUT2D eigenvalue weighted by molar-refractivity contribution is 6.17. The number of nitrogens with zero attached hydrogens (tertiary/aromatic N) is 3. The molecule has 7 nitrogen and oxygen atoms in total. The zero-order chi connectivity index (χ0) is 29.9. The van der Waals surface area contributed by atoms with Gasteiger partial charge in [0, 0.05) is 35.6 Å². The summed E-state index contributed by atoms with van der Waals surface area (Å²) in [6.45, 7) is 2.95. The number of ether oxygens (including phenoxy) is 1. The van der Waals surface area contributed by atoms with Crippen LogP contribution in [0.25, 0.3) is 0 Å². The minimum absolute atomic E-state index is 0.00180. The maximum atomic E-state index is 14.2. The summed E-state index contributed by atoms with van der Waals surface area (Å²) in [7, 11) is 1.46. The van der Waals surface area contributed by atoms with Crippen molar-refractivity contribution in [3.05, 3.63) is 107 Å². The quantitative estimate of drug-likeness (QED) is 0.297. The summed E-state index contributed by atoms with van der Waals surface area (Å²) in [4.78, 5) is 44.0. The molecule has 3 aromatic carbocycles. The van der Waals surface area contributed by atoms with Gasteiger partial charge in [-0.2, -0.15) is 18.4 Å². The molecule has 0 fully saturated rings. The highest BCUT2D eigenvalue weighted by Gasteiger charge is 2.50. The third-order valence-electron chi connectivity index (χ3n) is 6.75. The number of hydrogen-bond donors (Lipinski definition) is 0.